The van der Waals surface area contributed by atoms with E-state index in [1.807, 2.05) is 12.1 Å². The van der Waals surface area contributed by atoms with Gasteiger partial charge in [-0.05, 0) is 31.0 Å². The minimum Gasteiger partial charge on any atom is -0.497 e. The molecule has 0 spiro atoms. The maximum absolute atomic E-state index is 9.03. The third-order valence-electron chi connectivity index (χ3n) is 2.89. The summed E-state index contributed by atoms with van der Waals surface area (Å²) < 4.78 is 7.41. The first-order valence-corrected chi connectivity index (χ1v) is 5.56. The third-order valence-corrected chi connectivity index (χ3v) is 2.89. The Bertz CT molecular complexity index is 488. The molecule has 0 aliphatic heterocycles. The van der Waals surface area contributed by atoms with Crippen LogP contribution in [0.3, 0.4) is 0 Å². The zero-order chi connectivity index (χ0) is 11.5. The van der Waals surface area contributed by atoms with E-state index in [0.29, 0.717) is 6.42 Å². The van der Waals surface area contributed by atoms with Crippen LogP contribution in [0.2, 0.25) is 0 Å². The summed E-state index contributed by atoms with van der Waals surface area (Å²) >= 11 is 0. The molecule has 1 N–H and O–H groups in total. The standard InChI is InChI=1S/C13H17NO2/c1-3-14-9-10(6-7-15)12-5-4-11(16-2)8-13(12)14/h4-5,8-9,15H,3,6-7H2,1-2H3. The molecule has 3 heteroatoms. The fourth-order valence-electron chi connectivity index (χ4n) is 2.06. The number of benzene rings is 1. The van der Waals surface area contributed by atoms with Crippen LogP contribution in [0.5, 0.6) is 5.75 Å². The second-order valence-electron chi connectivity index (χ2n) is 3.80. The molecule has 0 aliphatic carbocycles. The molecular weight excluding hydrogens is 202 g/mol. The van der Waals surface area contributed by atoms with Crippen molar-refractivity contribution >= 4 is 10.9 Å². The molecule has 0 atom stereocenters. The SMILES string of the molecule is CCn1cc(CCO)c2ccc(OC)cc21. The number of methoxy groups -OCH3 is 1. The van der Waals surface area contributed by atoms with Crippen LogP contribution in [0, 0.1) is 0 Å². The second kappa shape index (κ2) is 4.58. The summed E-state index contributed by atoms with van der Waals surface area (Å²) in [6, 6.07) is 6.06. The first kappa shape index (κ1) is 11.0. The molecular formula is C13H17NO2. The van der Waals surface area contributed by atoms with Gasteiger partial charge in [0.25, 0.3) is 0 Å². The number of ether oxygens (including phenoxy) is 1. The highest BCUT2D eigenvalue weighted by Gasteiger charge is 2.08. The topological polar surface area (TPSA) is 34.4 Å². The van der Waals surface area contributed by atoms with E-state index in [-0.39, 0.29) is 6.61 Å². The first-order chi connectivity index (χ1) is 7.80. The van der Waals surface area contributed by atoms with Crippen molar-refractivity contribution in [3.63, 3.8) is 0 Å². The Morgan fingerprint density at radius 3 is 2.81 bits per heavy atom. The Morgan fingerprint density at radius 1 is 1.38 bits per heavy atom. The highest BCUT2D eigenvalue weighted by atomic mass is 16.5. The number of aliphatic hydroxyl groups is 1. The molecule has 0 radical (unpaired) electrons. The molecule has 16 heavy (non-hydrogen) atoms. The van der Waals surface area contributed by atoms with Gasteiger partial charge in [0.1, 0.15) is 5.75 Å². The minimum absolute atomic E-state index is 0.189. The zero-order valence-corrected chi connectivity index (χ0v) is 9.73. The van der Waals surface area contributed by atoms with Gasteiger partial charge in [-0.2, -0.15) is 0 Å². The quantitative estimate of drug-likeness (QED) is 0.855. The largest absolute Gasteiger partial charge is 0.497 e. The molecule has 0 bridgehead atoms. The Kier molecular flexibility index (Phi) is 3.15. The number of rotatable bonds is 4. The Balaban J connectivity index is 2.59. The monoisotopic (exact) mass is 219 g/mol. The van der Waals surface area contributed by atoms with Gasteiger partial charge in [-0.15, -0.1) is 0 Å². The summed E-state index contributed by atoms with van der Waals surface area (Å²) in [5.41, 5.74) is 2.37. The summed E-state index contributed by atoms with van der Waals surface area (Å²) in [6.07, 6.45) is 2.82. The van der Waals surface area contributed by atoms with E-state index in [1.54, 1.807) is 7.11 Å². The highest BCUT2D eigenvalue weighted by Crippen LogP contribution is 2.26. The number of hydrogen-bond donors (Lipinski definition) is 1. The Hall–Kier alpha value is -1.48. The van der Waals surface area contributed by atoms with Crippen LogP contribution < -0.4 is 4.74 Å². The fraction of sp³-hybridized carbons (Fsp3) is 0.385. The second-order valence-corrected chi connectivity index (χ2v) is 3.80. The summed E-state index contributed by atoms with van der Waals surface area (Å²) in [4.78, 5) is 0. The zero-order valence-electron chi connectivity index (χ0n) is 9.73. The molecule has 0 saturated carbocycles. The Labute approximate surface area is 95.3 Å². The van der Waals surface area contributed by atoms with Gasteiger partial charge < -0.3 is 14.4 Å². The van der Waals surface area contributed by atoms with Gasteiger partial charge in [0.15, 0.2) is 0 Å². The van der Waals surface area contributed by atoms with Crippen molar-refractivity contribution in [3.05, 3.63) is 30.0 Å². The van der Waals surface area contributed by atoms with Crippen LogP contribution in [0.1, 0.15) is 12.5 Å². The van der Waals surface area contributed by atoms with Crippen LogP contribution >= 0.6 is 0 Å². The number of aliphatic hydroxyl groups excluding tert-OH is 1. The number of hydrogen-bond acceptors (Lipinski definition) is 2. The molecule has 0 fully saturated rings. The van der Waals surface area contributed by atoms with E-state index < -0.39 is 0 Å². The summed E-state index contributed by atoms with van der Waals surface area (Å²) in [5, 5.41) is 10.2. The van der Waals surface area contributed by atoms with Gasteiger partial charge in [-0.1, -0.05) is 0 Å². The summed E-state index contributed by atoms with van der Waals surface area (Å²) in [5.74, 6) is 0.871. The van der Waals surface area contributed by atoms with E-state index >= 15 is 0 Å². The number of fused-ring (bicyclic) bond motifs is 1. The minimum atomic E-state index is 0.189. The van der Waals surface area contributed by atoms with Crippen LogP contribution in [0.25, 0.3) is 10.9 Å². The molecule has 0 unspecified atom stereocenters. The molecule has 2 rings (SSSR count). The van der Waals surface area contributed by atoms with Gasteiger partial charge in [0, 0.05) is 30.8 Å². The van der Waals surface area contributed by atoms with Crippen molar-refractivity contribution in [1.82, 2.24) is 4.57 Å². The lowest BCUT2D eigenvalue weighted by molar-refractivity contribution is 0.300. The molecule has 0 saturated heterocycles. The van der Waals surface area contributed by atoms with Gasteiger partial charge in [-0.3, -0.25) is 0 Å². The number of aromatic nitrogens is 1. The molecule has 1 aromatic carbocycles. The first-order valence-electron chi connectivity index (χ1n) is 5.56. The van der Waals surface area contributed by atoms with Crippen molar-refractivity contribution in [2.24, 2.45) is 0 Å². The Morgan fingerprint density at radius 2 is 2.19 bits per heavy atom. The average Bonchev–Trinajstić information content (AvgIpc) is 2.67. The molecule has 3 nitrogen and oxygen atoms in total. The molecule has 1 aromatic heterocycles. The normalized spacial score (nSPS) is 10.9. The molecule has 1 heterocycles. The van der Waals surface area contributed by atoms with E-state index in [4.69, 9.17) is 9.84 Å². The van der Waals surface area contributed by atoms with Gasteiger partial charge in [0.2, 0.25) is 0 Å². The lowest BCUT2D eigenvalue weighted by Crippen LogP contribution is -1.91. The lowest BCUT2D eigenvalue weighted by atomic mass is 10.1. The van der Waals surface area contributed by atoms with Crippen molar-refractivity contribution < 1.29 is 9.84 Å². The maximum Gasteiger partial charge on any atom is 0.120 e. The molecule has 0 aliphatic rings. The van der Waals surface area contributed by atoms with Crippen LogP contribution in [0.4, 0.5) is 0 Å². The smallest absolute Gasteiger partial charge is 0.120 e. The maximum atomic E-state index is 9.03. The van der Waals surface area contributed by atoms with Gasteiger partial charge in [-0.25, -0.2) is 0 Å². The van der Waals surface area contributed by atoms with Gasteiger partial charge >= 0.3 is 0 Å². The predicted octanol–water partition coefficient (Wildman–Crippen LogP) is 2.20. The van der Waals surface area contributed by atoms with Crippen molar-refractivity contribution in [2.75, 3.05) is 13.7 Å². The van der Waals surface area contributed by atoms with E-state index in [1.165, 1.54) is 16.5 Å². The van der Waals surface area contributed by atoms with Crippen molar-refractivity contribution in [3.8, 4) is 5.75 Å². The van der Waals surface area contributed by atoms with Gasteiger partial charge in [0.05, 0.1) is 12.6 Å². The molecule has 0 amide bonds. The van der Waals surface area contributed by atoms with Crippen LogP contribution in [-0.4, -0.2) is 23.4 Å². The summed E-state index contributed by atoms with van der Waals surface area (Å²) in [7, 11) is 1.68. The predicted molar refractivity (Wildman–Crippen MR) is 65.0 cm³/mol. The molecule has 2 aromatic rings. The number of aryl methyl sites for hydroxylation is 1. The van der Waals surface area contributed by atoms with E-state index in [0.717, 1.165) is 12.3 Å². The van der Waals surface area contributed by atoms with Crippen LogP contribution in [-0.2, 0) is 13.0 Å². The van der Waals surface area contributed by atoms with Crippen molar-refractivity contribution in [1.29, 1.82) is 0 Å². The van der Waals surface area contributed by atoms with Crippen molar-refractivity contribution in [2.45, 2.75) is 19.9 Å². The van der Waals surface area contributed by atoms with Crippen LogP contribution in [0.15, 0.2) is 24.4 Å². The highest BCUT2D eigenvalue weighted by molar-refractivity contribution is 5.85. The van der Waals surface area contributed by atoms with E-state index in [2.05, 4.69) is 23.8 Å². The number of nitrogens with zero attached hydrogens (tertiary/aromatic N) is 1. The third kappa shape index (κ3) is 1.78. The average molecular weight is 219 g/mol. The summed E-state index contributed by atoms with van der Waals surface area (Å²) in [6.45, 7) is 3.23. The lowest BCUT2D eigenvalue weighted by Gasteiger charge is -2.03. The fourth-order valence-corrected chi connectivity index (χ4v) is 2.06. The van der Waals surface area contributed by atoms with E-state index in [9.17, 15) is 0 Å². The molecule has 86 valence electrons.